The summed E-state index contributed by atoms with van der Waals surface area (Å²) in [5.41, 5.74) is 2.32. The molecule has 1 aromatic rings. The Hall–Kier alpha value is -1.80. The van der Waals surface area contributed by atoms with Gasteiger partial charge in [-0.3, -0.25) is 4.79 Å². The van der Waals surface area contributed by atoms with Crippen molar-refractivity contribution >= 4 is 39.2 Å². The fourth-order valence-electron chi connectivity index (χ4n) is 4.36. The number of hydrogen-bond donors (Lipinski definition) is 2. The molecule has 0 unspecified atom stereocenters. The quantitative estimate of drug-likeness (QED) is 0.605. The number of rotatable bonds is 6. The van der Waals surface area contributed by atoms with Crippen molar-refractivity contribution in [3.63, 3.8) is 0 Å². The van der Waals surface area contributed by atoms with Crippen molar-refractivity contribution in [3.05, 3.63) is 28.3 Å². The van der Waals surface area contributed by atoms with Crippen LogP contribution in [0, 0.1) is 5.92 Å². The van der Waals surface area contributed by atoms with Gasteiger partial charge in [-0.15, -0.1) is 0 Å². The van der Waals surface area contributed by atoms with Crippen LogP contribution in [0.2, 0.25) is 5.02 Å². The molecule has 1 aromatic carbocycles. The summed E-state index contributed by atoms with van der Waals surface area (Å²) in [5, 5.41) is 2.66. The van der Waals surface area contributed by atoms with Crippen molar-refractivity contribution in [2.75, 3.05) is 18.4 Å². The topological polar surface area (TPSA) is 95.6 Å². The molecule has 3 amide bonds. The summed E-state index contributed by atoms with van der Waals surface area (Å²) in [6.45, 7) is 8.80. The maximum absolute atomic E-state index is 12.9. The Bertz CT molecular complexity index is 936. The van der Waals surface area contributed by atoms with Gasteiger partial charge in [-0.05, 0) is 60.8 Å². The molecule has 1 saturated heterocycles. The van der Waals surface area contributed by atoms with Crippen LogP contribution in [0.25, 0.3) is 0 Å². The highest BCUT2D eigenvalue weighted by Gasteiger charge is 2.36. The molecule has 7 nitrogen and oxygen atoms in total. The molecular formula is C23H34ClN3O4S. The van der Waals surface area contributed by atoms with Gasteiger partial charge in [0.05, 0.1) is 5.25 Å². The van der Waals surface area contributed by atoms with Crippen LogP contribution in [0.15, 0.2) is 12.1 Å². The Morgan fingerprint density at radius 2 is 1.53 bits per heavy atom. The Balaban J connectivity index is 1.66. The lowest BCUT2D eigenvalue weighted by atomic mass is 9.84. The monoisotopic (exact) mass is 483 g/mol. The lowest BCUT2D eigenvalue weighted by Crippen LogP contribution is -2.49. The average molecular weight is 484 g/mol. The Morgan fingerprint density at radius 1 is 1.00 bits per heavy atom. The van der Waals surface area contributed by atoms with Gasteiger partial charge in [-0.1, -0.05) is 45.7 Å². The second kappa shape index (κ2) is 10.00. The highest BCUT2D eigenvalue weighted by molar-refractivity contribution is 7.90. The van der Waals surface area contributed by atoms with Crippen molar-refractivity contribution in [2.45, 2.75) is 76.9 Å². The van der Waals surface area contributed by atoms with Gasteiger partial charge >= 0.3 is 6.03 Å². The first kappa shape index (κ1) is 24.8. The van der Waals surface area contributed by atoms with Crippen LogP contribution in [-0.2, 0) is 14.8 Å². The zero-order valence-electron chi connectivity index (χ0n) is 19.3. The Labute approximate surface area is 196 Å². The number of benzene rings is 1. The molecule has 9 heteroatoms. The molecule has 1 saturated carbocycles. The van der Waals surface area contributed by atoms with Crippen LogP contribution in [0.3, 0.4) is 0 Å². The number of urea groups is 1. The molecule has 0 aromatic heterocycles. The summed E-state index contributed by atoms with van der Waals surface area (Å²) < 4.78 is 27.9. The normalized spacial score (nSPS) is 18.0. The molecule has 2 N–H and O–H groups in total. The maximum atomic E-state index is 12.9. The van der Waals surface area contributed by atoms with E-state index in [1.54, 1.807) is 17.0 Å². The van der Waals surface area contributed by atoms with Crippen LogP contribution in [0.4, 0.5) is 10.5 Å². The summed E-state index contributed by atoms with van der Waals surface area (Å²) in [5.74, 6) is 0.436. The van der Waals surface area contributed by atoms with E-state index in [9.17, 15) is 18.0 Å². The average Bonchev–Trinajstić information content (AvgIpc) is 2.67. The summed E-state index contributed by atoms with van der Waals surface area (Å²) >= 11 is 6.27. The van der Waals surface area contributed by atoms with E-state index in [1.165, 1.54) is 0 Å². The minimum Gasteiger partial charge on any atom is -0.342 e. The van der Waals surface area contributed by atoms with Crippen LogP contribution in [0.5, 0.6) is 0 Å². The maximum Gasteiger partial charge on any atom is 0.332 e. The predicted octanol–water partition coefficient (Wildman–Crippen LogP) is 4.83. The highest BCUT2D eigenvalue weighted by atomic mass is 35.5. The van der Waals surface area contributed by atoms with Gasteiger partial charge < -0.3 is 10.2 Å². The minimum atomic E-state index is -3.86. The van der Waals surface area contributed by atoms with Crippen LogP contribution < -0.4 is 10.0 Å². The first-order chi connectivity index (χ1) is 15.0. The number of anilines is 1. The van der Waals surface area contributed by atoms with Gasteiger partial charge in [0.15, 0.2) is 0 Å². The van der Waals surface area contributed by atoms with E-state index in [-0.39, 0.29) is 23.7 Å². The van der Waals surface area contributed by atoms with Gasteiger partial charge in [0, 0.05) is 29.7 Å². The van der Waals surface area contributed by atoms with Crippen molar-refractivity contribution in [3.8, 4) is 0 Å². The molecular weight excluding hydrogens is 450 g/mol. The standard InChI is InChI=1S/C23H34ClN3O4S/c1-14(2)19-12-17(24)13-20(15(3)4)21(19)25-23(29)26-32(30,31)18-8-10-27(11-9-18)22(28)16-6-5-7-16/h12-16,18H,5-11H2,1-4H3,(H2,25,26,29). The third-order valence-electron chi connectivity index (χ3n) is 6.53. The van der Waals surface area contributed by atoms with Gasteiger partial charge in [0.25, 0.3) is 0 Å². The number of halogens is 1. The zero-order valence-corrected chi connectivity index (χ0v) is 20.9. The summed E-state index contributed by atoms with van der Waals surface area (Å²) in [6.07, 6.45) is 3.61. The fourth-order valence-corrected chi connectivity index (χ4v) is 5.90. The zero-order chi connectivity index (χ0) is 23.6. The van der Waals surface area contributed by atoms with Gasteiger partial charge in [-0.2, -0.15) is 0 Å². The minimum absolute atomic E-state index is 0.0932. The van der Waals surface area contributed by atoms with E-state index in [1.807, 2.05) is 27.7 Å². The third-order valence-corrected chi connectivity index (χ3v) is 8.57. The second-order valence-corrected chi connectivity index (χ2v) is 11.9. The van der Waals surface area contributed by atoms with Crippen LogP contribution >= 0.6 is 11.6 Å². The van der Waals surface area contributed by atoms with Crippen LogP contribution in [-0.4, -0.2) is 43.6 Å². The first-order valence-corrected chi connectivity index (χ1v) is 13.4. The number of nitrogens with zero attached hydrogens (tertiary/aromatic N) is 1. The van der Waals surface area contributed by atoms with E-state index in [0.29, 0.717) is 36.6 Å². The van der Waals surface area contributed by atoms with Crippen molar-refractivity contribution in [2.24, 2.45) is 5.92 Å². The lowest BCUT2D eigenvalue weighted by molar-refractivity contribution is -0.139. The van der Waals surface area contributed by atoms with Gasteiger partial charge in [0.1, 0.15) is 0 Å². The third kappa shape index (κ3) is 5.57. The second-order valence-electron chi connectivity index (χ2n) is 9.52. The van der Waals surface area contributed by atoms with Crippen molar-refractivity contribution in [1.29, 1.82) is 0 Å². The summed E-state index contributed by atoms with van der Waals surface area (Å²) in [7, 11) is -3.86. The number of piperidine rings is 1. The largest absolute Gasteiger partial charge is 0.342 e. The molecule has 0 radical (unpaired) electrons. The number of carbonyl (C=O) groups is 2. The smallest absolute Gasteiger partial charge is 0.332 e. The number of hydrogen-bond acceptors (Lipinski definition) is 4. The molecule has 32 heavy (non-hydrogen) atoms. The summed E-state index contributed by atoms with van der Waals surface area (Å²) in [4.78, 5) is 26.9. The number of nitrogens with one attached hydrogen (secondary N) is 2. The molecule has 0 bridgehead atoms. The fraction of sp³-hybridized carbons (Fsp3) is 0.652. The molecule has 1 heterocycles. The molecule has 1 aliphatic carbocycles. The van der Waals surface area contributed by atoms with Crippen LogP contribution in [0.1, 0.15) is 82.8 Å². The first-order valence-electron chi connectivity index (χ1n) is 11.4. The summed E-state index contributed by atoms with van der Waals surface area (Å²) in [6, 6.07) is 2.83. The highest BCUT2D eigenvalue weighted by Crippen LogP contribution is 2.35. The number of amides is 3. The Morgan fingerprint density at radius 3 is 1.97 bits per heavy atom. The molecule has 3 rings (SSSR count). The molecule has 2 fully saturated rings. The molecule has 0 atom stereocenters. The molecule has 178 valence electrons. The van der Waals surface area contributed by atoms with E-state index < -0.39 is 21.3 Å². The number of carbonyl (C=O) groups excluding carboxylic acids is 2. The van der Waals surface area contributed by atoms with Crippen molar-refractivity contribution < 1.29 is 18.0 Å². The van der Waals surface area contributed by atoms with E-state index in [0.717, 1.165) is 30.4 Å². The van der Waals surface area contributed by atoms with Gasteiger partial charge in [-0.25, -0.2) is 17.9 Å². The van der Waals surface area contributed by atoms with Gasteiger partial charge in [0.2, 0.25) is 15.9 Å². The predicted molar refractivity (Wildman–Crippen MR) is 128 cm³/mol. The van der Waals surface area contributed by atoms with E-state index in [2.05, 4.69) is 10.0 Å². The SMILES string of the molecule is CC(C)c1cc(Cl)cc(C(C)C)c1NC(=O)NS(=O)(=O)C1CCN(C(=O)C2CCC2)CC1. The Kier molecular flexibility index (Phi) is 7.76. The van der Waals surface area contributed by atoms with E-state index in [4.69, 9.17) is 11.6 Å². The lowest BCUT2D eigenvalue weighted by Gasteiger charge is -2.36. The number of likely N-dealkylation sites (tertiary alicyclic amines) is 1. The molecule has 0 spiro atoms. The molecule has 1 aliphatic heterocycles. The number of sulfonamides is 1. The van der Waals surface area contributed by atoms with Crippen molar-refractivity contribution in [1.82, 2.24) is 9.62 Å². The van der Waals surface area contributed by atoms with E-state index >= 15 is 0 Å². The molecule has 2 aliphatic rings.